The molecule has 25 heavy (non-hydrogen) atoms. The van der Waals surface area contributed by atoms with E-state index in [9.17, 15) is 18.0 Å². The maximum atomic E-state index is 12.6. The lowest BCUT2D eigenvalue weighted by molar-refractivity contribution is -0.137. The van der Waals surface area contributed by atoms with Gasteiger partial charge in [-0.3, -0.25) is 9.48 Å². The lowest BCUT2D eigenvalue weighted by atomic mass is 10.1. The Hall–Kier alpha value is -2.58. The monoisotopic (exact) mass is 353 g/mol. The second-order valence-electron chi connectivity index (χ2n) is 5.89. The second-order valence-corrected chi connectivity index (χ2v) is 5.89. The number of amides is 1. The summed E-state index contributed by atoms with van der Waals surface area (Å²) in [6.07, 6.45) is 0.574. The average Bonchev–Trinajstić information content (AvgIpc) is 3.26. The van der Waals surface area contributed by atoms with Gasteiger partial charge < -0.3 is 10.2 Å². The molecule has 3 heterocycles. The molecular formula is C16H18F3N5O. The molecule has 0 bridgehead atoms. The molecule has 1 unspecified atom stereocenters. The zero-order chi connectivity index (χ0) is 17.9. The molecule has 1 aliphatic heterocycles. The smallest absolute Gasteiger partial charge is 0.356 e. The van der Waals surface area contributed by atoms with Crippen LogP contribution in [-0.4, -0.2) is 40.3 Å². The summed E-state index contributed by atoms with van der Waals surface area (Å²) in [6, 6.07) is 4.17. The highest BCUT2D eigenvalue weighted by Crippen LogP contribution is 2.30. The summed E-state index contributed by atoms with van der Waals surface area (Å²) in [5, 5.41) is 6.92. The van der Waals surface area contributed by atoms with Crippen LogP contribution in [0.3, 0.4) is 0 Å². The van der Waals surface area contributed by atoms with Crippen molar-refractivity contribution in [1.82, 2.24) is 20.1 Å². The Bertz CT molecular complexity index is 700. The number of carbonyl (C=O) groups excluding carboxylic acids is 1. The molecular weight excluding hydrogens is 335 g/mol. The molecule has 1 N–H and O–H groups in total. The molecule has 1 saturated heterocycles. The molecule has 0 radical (unpaired) electrons. The Kier molecular flexibility index (Phi) is 4.91. The van der Waals surface area contributed by atoms with E-state index in [1.807, 2.05) is 17.2 Å². The van der Waals surface area contributed by atoms with E-state index < -0.39 is 11.7 Å². The fraction of sp³-hybridized carbons (Fsp3) is 0.438. The van der Waals surface area contributed by atoms with E-state index in [0.717, 1.165) is 12.3 Å². The van der Waals surface area contributed by atoms with Gasteiger partial charge in [0.05, 0.1) is 18.0 Å². The summed E-state index contributed by atoms with van der Waals surface area (Å²) in [5.41, 5.74) is -0.775. The molecule has 1 atom stereocenters. The van der Waals surface area contributed by atoms with Crippen molar-refractivity contribution < 1.29 is 18.0 Å². The van der Waals surface area contributed by atoms with Crippen LogP contribution in [0, 0.1) is 5.92 Å². The van der Waals surface area contributed by atoms with E-state index in [4.69, 9.17) is 0 Å². The number of hydrogen-bond acceptors (Lipinski definition) is 4. The number of alkyl halides is 3. The number of hydrogen-bond donors (Lipinski definition) is 1. The highest BCUT2D eigenvalue weighted by molar-refractivity contribution is 5.80. The molecule has 1 fully saturated rings. The number of aromatic nitrogens is 3. The van der Waals surface area contributed by atoms with E-state index >= 15 is 0 Å². The van der Waals surface area contributed by atoms with Crippen LogP contribution in [0.2, 0.25) is 0 Å². The maximum absolute atomic E-state index is 12.6. The number of rotatable bonds is 5. The van der Waals surface area contributed by atoms with Gasteiger partial charge >= 0.3 is 6.18 Å². The standard InChI is InChI=1S/C16H18F3N5O/c17-16(18,19)13-2-3-14(21-10-13)23-8-4-12(11-23)15(25)20-6-9-24-7-1-5-22-24/h1-3,5,7,10,12H,4,6,8-9,11H2,(H,20,25). The quantitative estimate of drug-likeness (QED) is 0.892. The largest absolute Gasteiger partial charge is 0.417 e. The summed E-state index contributed by atoms with van der Waals surface area (Å²) in [7, 11) is 0. The minimum Gasteiger partial charge on any atom is -0.356 e. The number of anilines is 1. The summed E-state index contributed by atoms with van der Waals surface area (Å²) < 4.78 is 39.4. The Morgan fingerprint density at radius 2 is 2.20 bits per heavy atom. The molecule has 0 spiro atoms. The molecule has 3 rings (SSSR count). The summed E-state index contributed by atoms with van der Waals surface area (Å²) >= 11 is 0. The van der Waals surface area contributed by atoms with Crippen molar-refractivity contribution in [3.05, 3.63) is 42.4 Å². The third-order valence-electron chi connectivity index (χ3n) is 4.16. The molecule has 0 saturated carbocycles. The molecule has 0 aliphatic carbocycles. The highest BCUT2D eigenvalue weighted by Gasteiger charge is 2.32. The lowest BCUT2D eigenvalue weighted by Crippen LogP contribution is -2.34. The first-order chi connectivity index (χ1) is 11.9. The van der Waals surface area contributed by atoms with Crippen LogP contribution in [0.5, 0.6) is 0 Å². The van der Waals surface area contributed by atoms with Gasteiger partial charge in [0.2, 0.25) is 5.91 Å². The first-order valence-electron chi connectivity index (χ1n) is 7.97. The van der Waals surface area contributed by atoms with Crippen LogP contribution in [0.1, 0.15) is 12.0 Å². The van der Waals surface area contributed by atoms with Crippen LogP contribution >= 0.6 is 0 Å². The van der Waals surface area contributed by atoms with E-state index in [2.05, 4.69) is 15.4 Å². The van der Waals surface area contributed by atoms with Crippen LogP contribution in [0.15, 0.2) is 36.8 Å². The predicted octanol–water partition coefficient (Wildman–Crippen LogP) is 1.94. The molecule has 9 heteroatoms. The molecule has 1 aliphatic rings. The summed E-state index contributed by atoms with van der Waals surface area (Å²) in [5.74, 6) is 0.211. The fourth-order valence-corrected chi connectivity index (χ4v) is 2.79. The number of nitrogens with zero attached hydrogens (tertiary/aromatic N) is 4. The molecule has 134 valence electrons. The van der Waals surface area contributed by atoms with E-state index in [1.165, 1.54) is 6.07 Å². The van der Waals surface area contributed by atoms with Gasteiger partial charge in [-0.25, -0.2) is 4.98 Å². The van der Waals surface area contributed by atoms with Crippen LogP contribution in [0.25, 0.3) is 0 Å². The van der Waals surface area contributed by atoms with Crippen molar-refractivity contribution in [2.24, 2.45) is 5.92 Å². The summed E-state index contributed by atoms with van der Waals surface area (Å²) in [4.78, 5) is 17.9. The SMILES string of the molecule is O=C(NCCn1cccn1)C1CCN(c2ccc(C(F)(F)F)cn2)C1. The molecule has 2 aromatic heterocycles. The number of nitrogens with one attached hydrogen (secondary N) is 1. The Morgan fingerprint density at radius 3 is 2.84 bits per heavy atom. The van der Waals surface area contributed by atoms with E-state index in [1.54, 1.807) is 10.9 Å². The normalized spacial score (nSPS) is 17.7. The number of pyridine rings is 1. The third-order valence-corrected chi connectivity index (χ3v) is 4.16. The van der Waals surface area contributed by atoms with Gasteiger partial charge in [0.25, 0.3) is 0 Å². The predicted molar refractivity (Wildman–Crippen MR) is 84.8 cm³/mol. The van der Waals surface area contributed by atoms with E-state index in [0.29, 0.717) is 38.4 Å². The minimum absolute atomic E-state index is 0.0541. The van der Waals surface area contributed by atoms with E-state index in [-0.39, 0.29) is 11.8 Å². The van der Waals surface area contributed by atoms with Gasteiger partial charge in [0.1, 0.15) is 5.82 Å². The van der Waals surface area contributed by atoms with Gasteiger partial charge in [-0.15, -0.1) is 0 Å². The van der Waals surface area contributed by atoms with Gasteiger partial charge in [-0.1, -0.05) is 0 Å². The van der Waals surface area contributed by atoms with Crippen molar-refractivity contribution in [2.75, 3.05) is 24.5 Å². The lowest BCUT2D eigenvalue weighted by Gasteiger charge is -2.18. The fourth-order valence-electron chi connectivity index (χ4n) is 2.79. The molecule has 2 aromatic rings. The van der Waals surface area contributed by atoms with Crippen molar-refractivity contribution in [3.63, 3.8) is 0 Å². The maximum Gasteiger partial charge on any atom is 0.417 e. The molecule has 6 nitrogen and oxygen atoms in total. The molecule has 0 aromatic carbocycles. The first-order valence-corrected chi connectivity index (χ1v) is 7.97. The number of carbonyl (C=O) groups is 1. The van der Waals surface area contributed by atoms with Crippen LogP contribution in [0.4, 0.5) is 19.0 Å². The Balaban J connectivity index is 1.50. The van der Waals surface area contributed by atoms with Gasteiger partial charge in [0.15, 0.2) is 0 Å². The van der Waals surface area contributed by atoms with Crippen LogP contribution < -0.4 is 10.2 Å². The van der Waals surface area contributed by atoms with Gasteiger partial charge in [0, 0.05) is 38.2 Å². The van der Waals surface area contributed by atoms with Crippen molar-refractivity contribution >= 4 is 11.7 Å². The zero-order valence-electron chi connectivity index (χ0n) is 13.4. The topological polar surface area (TPSA) is 63.1 Å². The highest BCUT2D eigenvalue weighted by atomic mass is 19.4. The average molecular weight is 353 g/mol. The first kappa shape index (κ1) is 17.2. The zero-order valence-corrected chi connectivity index (χ0v) is 13.4. The third kappa shape index (κ3) is 4.28. The minimum atomic E-state index is -4.40. The Morgan fingerprint density at radius 1 is 1.36 bits per heavy atom. The van der Waals surface area contributed by atoms with Crippen molar-refractivity contribution in [2.45, 2.75) is 19.1 Å². The van der Waals surface area contributed by atoms with Crippen LogP contribution in [-0.2, 0) is 17.5 Å². The molecule has 1 amide bonds. The van der Waals surface area contributed by atoms with Crippen molar-refractivity contribution in [1.29, 1.82) is 0 Å². The summed E-state index contributed by atoms with van der Waals surface area (Å²) in [6.45, 7) is 2.12. The number of halogens is 3. The van der Waals surface area contributed by atoms with Gasteiger partial charge in [-0.05, 0) is 24.6 Å². The van der Waals surface area contributed by atoms with Gasteiger partial charge in [-0.2, -0.15) is 18.3 Å². The second kappa shape index (κ2) is 7.12. The Labute approximate surface area is 142 Å². The van der Waals surface area contributed by atoms with Crippen molar-refractivity contribution in [3.8, 4) is 0 Å².